The first-order valence-corrected chi connectivity index (χ1v) is 11.3. The van der Waals surface area contributed by atoms with E-state index in [-0.39, 0.29) is 12.2 Å². The lowest BCUT2D eigenvalue weighted by Crippen LogP contribution is -2.18. The zero-order chi connectivity index (χ0) is 26.3. The van der Waals surface area contributed by atoms with Crippen molar-refractivity contribution < 1.29 is 27.4 Å². The van der Waals surface area contributed by atoms with Gasteiger partial charge in [0, 0.05) is 26.7 Å². The van der Waals surface area contributed by atoms with Crippen LogP contribution in [0.2, 0.25) is 10.0 Å². The predicted octanol–water partition coefficient (Wildman–Crippen LogP) is 7.09. The lowest BCUT2D eigenvalue weighted by Gasteiger charge is -2.16. The monoisotopic (exact) mass is 536 g/mol. The van der Waals surface area contributed by atoms with Crippen LogP contribution in [-0.2, 0) is 19.2 Å². The molecule has 0 aliphatic carbocycles. The molecule has 0 aromatic heterocycles. The highest BCUT2D eigenvalue weighted by Crippen LogP contribution is 2.35. The first-order valence-electron chi connectivity index (χ1n) is 10.5. The molecule has 1 N–H and O–H groups in total. The lowest BCUT2D eigenvalue weighted by atomic mass is 10.1. The van der Waals surface area contributed by atoms with Crippen molar-refractivity contribution in [3.8, 4) is 11.5 Å². The second kappa shape index (κ2) is 12.0. The van der Waals surface area contributed by atoms with Crippen molar-refractivity contribution in [2.75, 3.05) is 7.11 Å². The maximum atomic E-state index is 12.9. The van der Waals surface area contributed by atoms with E-state index >= 15 is 0 Å². The Morgan fingerprint density at radius 1 is 1.11 bits per heavy atom. The van der Waals surface area contributed by atoms with Crippen LogP contribution in [0, 0.1) is 0 Å². The average molecular weight is 537 g/mol. The van der Waals surface area contributed by atoms with Gasteiger partial charge in [-0.05, 0) is 54.4 Å². The molecule has 0 radical (unpaired) electrons. The molecular formula is C26H21Cl2F3N2O3. The summed E-state index contributed by atoms with van der Waals surface area (Å²) in [6.45, 7) is 3.93. The first-order chi connectivity index (χ1) is 17.1. The van der Waals surface area contributed by atoms with E-state index in [1.165, 1.54) is 19.4 Å². The fourth-order valence-corrected chi connectivity index (χ4v) is 3.70. The van der Waals surface area contributed by atoms with Gasteiger partial charge in [-0.3, -0.25) is 4.79 Å². The molecule has 5 nitrogen and oxygen atoms in total. The molecule has 0 atom stereocenters. The third-order valence-electron chi connectivity index (χ3n) is 4.96. The van der Waals surface area contributed by atoms with Gasteiger partial charge in [0.15, 0.2) is 11.5 Å². The number of amides is 1. The number of alkyl halides is 3. The molecule has 0 saturated heterocycles. The van der Waals surface area contributed by atoms with Gasteiger partial charge in [-0.1, -0.05) is 41.4 Å². The van der Waals surface area contributed by atoms with Crippen LogP contribution in [-0.4, -0.2) is 19.2 Å². The summed E-state index contributed by atoms with van der Waals surface area (Å²) in [4.78, 5) is 12.3. The summed E-state index contributed by atoms with van der Waals surface area (Å²) in [6.07, 6.45) is -1.08. The van der Waals surface area contributed by atoms with E-state index in [2.05, 4.69) is 17.1 Å². The smallest absolute Gasteiger partial charge is 0.416 e. The molecule has 0 saturated carbocycles. The molecule has 0 unspecified atom stereocenters. The third-order valence-corrected chi connectivity index (χ3v) is 5.54. The lowest BCUT2D eigenvalue weighted by molar-refractivity contribution is -0.137. The number of hydrogen-bond acceptors (Lipinski definition) is 4. The number of methoxy groups -OCH3 is 1. The van der Waals surface area contributed by atoms with Crippen molar-refractivity contribution in [3.63, 3.8) is 0 Å². The number of allylic oxidation sites excluding steroid dienone is 1. The molecule has 188 valence electrons. The maximum Gasteiger partial charge on any atom is 0.416 e. The van der Waals surface area contributed by atoms with Gasteiger partial charge in [-0.25, -0.2) is 5.43 Å². The Bertz CT molecular complexity index is 1290. The van der Waals surface area contributed by atoms with Gasteiger partial charge in [0.25, 0.3) is 5.91 Å². The van der Waals surface area contributed by atoms with Crippen molar-refractivity contribution >= 4 is 35.3 Å². The number of carbonyl (C=O) groups is 1. The Kier molecular flexibility index (Phi) is 9.01. The van der Waals surface area contributed by atoms with Crippen LogP contribution in [0.25, 0.3) is 0 Å². The Morgan fingerprint density at radius 2 is 1.89 bits per heavy atom. The maximum absolute atomic E-state index is 12.9. The standard InChI is InChI=1S/C26H21Cl2F3N2O3/c1-3-5-17-10-16(14-32-33-25(34)18-6-4-7-20(12-18)26(29,30)31)11-23(35-2)24(17)36-15-19-8-9-21(27)13-22(19)28/h3-4,6-14H,1,5,15H2,2H3,(H,33,34)/b32-14-. The second-order valence-corrected chi connectivity index (χ2v) is 8.35. The number of rotatable bonds is 9. The number of hydrazone groups is 1. The van der Waals surface area contributed by atoms with E-state index in [0.717, 1.165) is 29.3 Å². The summed E-state index contributed by atoms with van der Waals surface area (Å²) in [7, 11) is 1.48. The highest BCUT2D eigenvalue weighted by atomic mass is 35.5. The number of ether oxygens (including phenoxy) is 2. The van der Waals surface area contributed by atoms with E-state index < -0.39 is 17.6 Å². The molecule has 0 spiro atoms. The summed E-state index contributed by atoms with van der Waals surface area (Å²) in [5, 5.41) is 4.85. The molecule has 3 aromatic rings. The zero-order valence-corrected chi connectivity index (χ0v) is 20.5. The van der Waals surface area contributed by atoms with Crippen LogP contribution in [0.15, 0.2) is 72.4 Å². The van der Waals surface area contributed by atoms with E-state index in [4.69, 9.17) is 32.7 Å². The largest absolute Gasteiger partial charge is 0.493 e. The van der Waals surface area contributed by atoms with E-state index in [0.29, 0.717) is 33.5 Å². The normalized spacial score (nSPS) is 11.4. The van der Waals surface area contributed by atoms with Gasteiger partial charge in [-0.2, -0.15) is 18.3 Å². The highest BCUT2D eigenvalue weighted by Gasteiger charge is 2.30. The van der Waals surface area contributed by atoms with Crippen molar-refractivity contribution in [1.29, 1.82) is 0 Å². The Labute approximate surface area is 216 Å². The van der Waals surface area contributed by atoms with Gasteiger partial charge in [-0.15, -0.1) is 6.58 Å². The topological polar surface area (TPSA) is 59.9 Å². The summed E-state index contributed by atoms with van der Waals surface area (Å²) >= 11 is 12.2. The fourth-order valence-electron chi connectivity index (χ4n) is 3.24. The van der Waals surface area contributed by atoms with Gasteiger partial charge < -0.3 is 9.47 Å². The van der Waals surface area contributed by atoms with E-state index in [9.17, 15) is 18.0 Å². The molecule has 0 aliphatic rings. The average Bonchev–Trinajstić information content (AvgIpc) is 2.83. The quantitative estimate of drug-likeness (QED) is 0.180. The summed E-state index contributed by atoms with van der Waals surface area (Å²) in [5.41, 5.74) is 3.17. The first kappa shape index (κ1) is 27.1. The fraction of sp³-hybridized carbons (Fsp3) is 0.154. The van der Waals surface area contributed by atoms with Gasteiger partial charge in [0.1, 0.15) is 6.61 Å². The van der Waals surface area contributed by atoms with Gasteiger partial charge >= 0.3 is 6.18 Å². The number of hydrogen-bond donors (Lipinski definition) is 1. The summed E-state index contributed by atoms with van der Waals surface area (Å²) in [6, 6.07) is 12.6. The third kappa shape index (κ3) is 7.02. The second-order valence-electron chi connectivity index (χ2n) is 7.51. The molecular weight excluding hydrogens is 516 g/mol. The van der Waals surface area contributed by atoms with Crippen LogP contribution < -0.4 is 14.9 Å². The molecule has 0 bridgehead atoms. The molecule has 0 aliphatic heterocycles. The molecule has 1 amide bonds. The minimum atomic E-state index is -4.56. The van der Waals surface area contributed by atoms with Crippen molar-refractivity contribution in [1.82, 2.24) is 5.43 Å². The molecule has 10 heteroatoms. The van der Waals surface area contributed by atoms with Crippen LogP contribution in [0.3, 0.4) is 0 Å². The number of nitrogens with zero attached hydrogens (tertiary/aromatic N) is 1. The number of halogens is 5. The Morgan fingerprint density at radius 3 is 2.56 bits per heavy atom. The molecule has 0 fully saturated rings. The number of carbonyl (C=O) groups excluding carboxylic acids is 1. The molecule has 3 rings (SSSR count). The van der Waals surface area contributed by atoms with E-state index in [1.54, 1.807) is 36.4 Å². The predicted molar refractivity (Wildman–Crippen MR) is 134 cm³/mol. The highest BCUT2D eigenvalue weighted by molar-refractivity contribution is 6.35. The van der Waals surface area contributed by atoms with Gasteiger partial charge in [0.05, 0.1) is 18.9 Å². The molecule has 0 heterocycles. The van der Waals surface area contributed by atoms with Crippen molar-refractivity contribution in [3.05, 3.63) is 105 Å². The van der Waals surface area contributed by atoms with Crippen molar-refractivity contribution in [2.24, 2.45) is 5.10 Å². The van der Waals surface area contributed by atoms with Crippen LogP contribution >= 0.6 is 23.2 Å². The van der Waals surface area contributed by atoms with Crippen LogP contribution in [0.5, 0.6) is 11.5 Å². The van der Waals surface area contributed by atoms with Gasteiger partial charge in [0.2, 0.25) is 0 Å². The summed E-state index contributed by atoms with van der Waals surface area (Å²) < 4.78 is 50.2. The summed E-state index contributed by atoms with van der Waals surface area (Å²) in [5.74, 6) is 0.106. The molecule has 3 aromatic carbocycles. The van der Waals surface area contributed by atoms with Crippen LogP contribution in [0.4, 0.5) is 13.2 Å². The minimum absolute atomic E-state index is 0.164. The SMILES string of the molecule is C=CCc1cc(/C=N\NC(=O)c2cccc(C(F)(F)F)c2)cc(OC)c1OCc1ccc(Cl)cc1Cl. The Hall–Kier alpha value is -3.49. The van der Waals surface area contributed by atoms with Crippen LogP contribution in [0.1, 0.15) is 32.6 Å². The minimum Gasteiger partial charge on any atom is -0.493 e. The zero-order valence-electron chi connectivity index (χ0n) is 19.0. The Balaban J connectivity index is 1.78. The molecule has 36 heavy (non-hydrogen) atoms. The van der Waals surface area contributed by atoms with E-state index in [1.807, 2.05) is 0 Å². The van der Waals surface area contributed by atoms with Crippen molar-refractivity contribution in [2.45, 2.75) is 19.2 Å². The number of benzene rings is 3. The number of nitrogens with one attached hydrogen (secondary N) is 1.